The van der Waals surface area contributed by atoms with Crippen LogP contribution in [-0.2, 0) is 5.88 Å². The Kier molecular flexibility index (Phi) is 5.26. The highest BCUT2D eigenvalue weighted by Gasteiger charge is 2.31. The SMILES string of the molecule is CCCN(CC(F)(F)F)c1ccc(F)cc1CCl. The van der Waals surface area contributed by atoms with Gasteiger partial charge < -0.3 is 4.90 Å². The van der Waals surface area contributed by atoms with Crippen LogP contribution in [0.4, 0.5) is 23.2 Å². The van der Waals surface area contributed by atoms with Crippen molar-refractivity contribution in [3.05, 3.63) is 29.6 Å². The second-order valence-electron chi connectivity index (χ2n) is 3.94. The van der Waals surface area contributed by atoms with Gasteiger partial charge in [0.15, 0.2) is 0 Å². The molecule has 102 valence electrons. The number of hydrogen-bond acceptors (Lipinski definition) is 1. The van der Waals surface area contributed by atoms with Crippen LogP contribution in [0, 0.1) is 5.82 Å². The van der Waals surface area contributed by atoms with E-state index in [1.165, 1.54) is 17.0 Å². The number of halogens is 5. The fourth-order valence-electron chi connectivity index (χ4n) is 1.74. The van der Waals surface area contributed by atoms with Gasteiger partial charge in [-0.05, 0) is 30.2 Å². The number of nitrogens with zero attached hydrogens (tertiary/aromatic N) is 1. The third-order valence-electron chi connectivity index (χ3n) is 2.39. The summed E-state index contributed by atoms with van der Waals surface area (Å²) in [5.74, 6) is -0.525. The van der Waals surface area contributed by atoms with Crippen molar-refractivity contribution in [2.75, 3.05) is 18.0 Å². The molecule has 0 atom stereocenters. The zero-order valence-corrected chi connectivity index (χ0v) is 10.7. The molecule has 0 amide bonds. The Hall–Kier alpha value is -0.970. The third-order valence-corrected chi connectivity index (χ3v) is 2.68. The molecule has 0 saturated heterocycles. The maximum Gasteiger partial charge on any atom is 0.405 e. The Morgan fingerprint density at radius 1 is 1.28 bits per heavy atom. The van der Waals surface area contributed by atoms with Gasteiger partial charge in [-0.2, -0.15) is 13.2 Å². The molecule has 0 spiro atoms. The lowest BCUT2D eigenvalue weighted by Crippen LogP contribution is -2.35. The molecular formula is C12H14ClF4N. The quantitative estimate of drug-likeness (QED) is 0.574. The van der Waals surface area contributed by atoms with E-state index in [9.17, 15) is 17.6 Å². The number of benzene rings is 1. The molecule has 6 heteroatoms. The van der Waals surface area contributed by atoms with Crippen LogP contribution in [0.5, 0.6) is 0 Å². The van der Waals surface area contributed by atoms with Crippen molar-refractivity contribution in [2.45, 2.75) is 25.4 Å². The van der Waals surface area contributed by atoms with E-state index in [1.807, 2.05) is 0 Å². The fraction of sp³-hybridized carbons (Fsp3) is 0.500. The van der Waals surface area contributed by atoms with E-state index < -0.39 is 18.5 Å². The lowest BCUT2D eigenvalue weighted by Gasteiger charge is -2.27. The molecule has 0 aliphatic carbocycles. The van der Waals surface area contributed by atoms with Crippen molar-refractivity contribution in [2.24, 2.45) is 0 Å². The Morgan fingerprint density at radius 2 is 1.94 bits per heavy atom. The summed E-state index contributed by atoms with van der Waals surface area (Å²) in [4.78, 5) is 1.18. The summed E-state index contributed by atoms with van der Waals surface area (Å²) in [6, 6.07) is 3.65. The number of anilines is 1. The molecule has 1 aromatic rings. The Bertz CT molecular complexity index is 392. The average Bonchev–Trinajstić information content (AvgIpc) is 2.26. The second kappa shape index (κ2) is 6.27. The standard InChI is InChI=1S/C12H14ClF4N/c1-2-5-18(8-12(15,16)17)11-4-3-10(14)6-9(11)7-13/h3-4,6H,2,5,7-8H2,1H3. The van der Waals surface area contributed by atoms with Crippen molar-refractivity contribution in [1.29, 1.82) is 0 Å². The van der Waals surface area contributed by atoms with E-state index in [0.29, 0.717) is 17.7 Å². The van der Waals surface area contributed by atoms with Crippen LogP contribution >= 0.6 is 11.6 Å². The molecule has 0 aliphatic rings. The molecule has 1 aromatic carbocycles. The van der Waals surface area contributed by atoms with E-state index in [4.69, 9.17) is 11.6 Å². The molecule has 0 saturated carbocycles. The summed E-state index contributed by atoms with van der Waals surface area (Å²) in [6.07, 6.45) is -3.73. The third kappa shape index (κ3) is 4.37. The molecule has 0 radical (unpaired) electrons. The van der Waals surface area contributed by atoms with Crippen LogP contribution in [0.1, 0.15) is 18.9 Å². The van der Waals surface area contributed by atoms with Crippen LogP contribution < -0.4 is 4.90 Å². The topological polar surface area (TPSA) is 3.24 Å². The van der Waals surface area contributed by atoms with Gasteiger partial charge in [0, 0.05) is 18.1 Å². The zero-order valence-electron chi connectivity index (χ0n) is 9.90. The molecule has 0 fully saturated rings. The average molecular weight is 284 g/mol. The van der Waals surface area contributed by atoms with Crippen molar-refractivity contribution >= 4 is 17.3 Å². The highest BCUT2D eigenvalue weighted by Crippen LogP contribution is 2.27. The van der Waals surface area contributed by atoms with Gasteiger partial charge in [-0.1, -0.05) is 6.92 Å². The molecule has 1 nitrogen and oxygen atoms in total. The van der Waals surface area contributed by atoms with Crippen LogP contribution in [0.25, 0.3) is 0 Å². The minimum atomic E-state index is -4.30. The first kappa shape index (κ1) is 15.1. The Morgan fingerprint density at radius 3 is 2.44 bits per heavy atom. The first-order valence-corrected chi connectivity index (χ1v) is 6.07. The van der Waals surface area contributed by atoms with Crippen molar-refractivity contribution in [3.63, 3.8) is 0 Å². The lowest BCUT2D eigenvalue weighted by atomic mass is 10.1. The van der Waals surface area contributed by atoms with Gasteiger partial charge in [-0.15, -0.1) is 11.6 Å². The zero-order chi connectivity index (χ0) is 13.8. The monoisotopic (exact) mass is 283 g/mol. The van der Waals surface area contributed by atoms with Gasteiger partial charge in [-0.3, -0.25) is 0 Å². The van der Waals surface area contributed by atoms with Gasteiger partial charge in [-0.25, -0.2) is 4.39 Å². The van der Waals surface area contributed by atoms with Gasteiger partial charge in [0.2, 0.25) is 0 Å². The van der Waals surface area contributed by atoms with E-state index >= 15 is 0 Å². The van der Waals surface area contributed by atoms with E-state index in [2.05, 4.69) is 0 Å². The Balaban J connectivity index is 3.04. The minimum absolute atomic E-state index is 0.0227. The highest BCUT2D eigenvalue weighted by atomic mass is 35.5. The number of rotatable bonds is 5. The van der Waals surface area contributed by atoms with Crippen LogP contribution in [-0.4, -0.2) is 19.3 Å². The fourth-order valence-corrected chi connectivity index (χ4v) is 1.95. The summed E-state index contributed by atoms with van der Waals surface area (Å²) >= 11 is 5.64. The molecule has 0 aromatic heterocycles. The van der Waals surface area contributed by atoms with Gasteiger partial charge >= 0.3 is 6.18 Å². The summed E-state index contributed by atoms with van der Waals surface area (Å²) in [7, 11) is 0. The van der Waals surface area contributed by atoms with E-state index in [1.54, 1.807) is 6.92 Å². The molecule has 18 heavy (non-hydrogen) atoms. The minimum Gasteiger partial charge on any atom is -0.362 e. The molecule has 0 N–H and O–H groups in total. The summed E-state index contributed by atoms with van der Waals surface area (Å²) < 4.78 is 50.5. The highest BCUT2D eigenvalue weighted by molar-refractivity contribution is 6.17. The maximum atomic E-state index is 13.0. The lowest BCUT2D eigenvalue weighted by molar-refractivity contribution is -0.119. The molecule has 1 rings (SSSR count). The largest absolute Gasteiger partial charge is 0.405 e. The molecule has 0 unspecified atom stereocenters. The first-order valence-electron chi connectivity index (χ1n) is 5.53. The van der Waals surface area contributed by atoms with Gasteiger partial charge in [0.05, 0.1) is 0 Å². The predicted octanol–water partition coefficient (Wildman–Crippen LogP) is 4.34. The van der Waals surface area contributed by atoms with E-state index in [-0.39, 0.29) is 12.4 Å². The molecule has 0 heterocycles. The van der Waals surface area contributed by atoms with Crippen molar-refractivity contribution < 1.29 is 17.6 Å². The predicted molar refractivity (Wildman–Crippen MR) is 64.5 cm³/mol. The smallest absolute Gasteiger partial charge is 0.362 e. The van der Waals surface area contributed by atoms with Crippen LogP contribution in [0.3, 0.4) is 0 Å². The summed E-state index contributed by atoms with van der Waals surface area (Å²) in [5, 5.41) is 0. The molecule has 0 aliphatic heterocycles. The Labute approximate surface area is 108 Å². The number of hydrogen-bond donors (Lipinski definition) is 0. The summed E-state index contributed by atoms with van der Waals surface area (Å²) in [6.45, 7) is 0.971. The van der Waals surface area contributed by atoms with Crippen LogP contribution in [0.2, 0.25) is 0 Å². The summed E-state index contributed by atoms with van der Waals surface area (Å²) in [5.41, 5.74) is 0.708. The second-order valence-corrected chi connectivity index (χ2v) is 4.21. The first-order chi connectivity index (χ1) is 8.37. The van der Waals surface area contributed by atoms with Crippen LogP contribution in [0.15, 0.2) is 18.2 Å². The maximum absolute atomic E-state index is 13.0. The molecular weight excluding hydrogens is 270 g/mol. The van der Waals surface area contributed by atoms with Crippen molar-refractivity contribution in [3.8, 4) is 0 Å². The van der Waals surface area contributed by atoms with Crippen molar-refractivity contribution in [1.82, 2.24) is 0 Å². The number of alkyl halides is 4. The normalized spacial score (nSPS) is 11.7. The van der Waals surface area contributed by atoms with E-state index in [0.717, 1.165) is 6.07 Å². The van der Waals surface area contributed by atoms with Gasteiger partial charge in [0.25, 0.3) is 0 Å². The van der Waals surface area contributed by atoms with Gasteiger partial charge in [0.1, 0.15) is 12.4 Å². The molecule has 0 bridgehead atoms.